The monoisotopic (exact) mass is 226 g/mol. The van der Waals surface area contributed by atoms with Crippen LogP contribution in [0.3, 0.4) is 0 Å². The first-order chi connectivity index (χ1) is 7.58. The molecule has 0 aliphatic heterocycles. The van der Waals surface area contributed by atoms with Crippen molar-refractivity contribution in [1.29, 1.82) is 0 Å². The zero-order valence-electron chi connectivity index (χ0n) is 9.90. The van der Waals surface area contributed by atoms with Gasteiger partial charge in [-0.05, 0) is 12.3 Å². The maximum Gasteiger partial charge on any atom is 0.241 e. The molecule has 0 fully saturated rings. The molecule has 1 amide bonds. The van der Waals surface area contributed by atoms with E-state index < -0.39 is 0 Å². The summed E-state index contributed by atoms with van der Waals surface area (Å²) in [6.45, 7) is 4.14. The molecule has 16 heavy (non-hydrogen) atoms. The van der Waals surface area contributed by atoms with Crippen LogP contribution in [0, 0.1) is 5.92 Å². The lowest BCUT2D eigenvalue weighted by Gasteiger charge is -2.08. The summed E-state index contributed by atoms with van der Waals surface area (Å²) in [5.41, 5.74) is 1.39. The quantitative estimate of drug-likeness (QED) is 0.723. The van der Waals surface area contributed by atoms with Crippen LogP contribution in [-0.2, 0) is 24.4 Å². The summed E-state index contributed by atoms with van der Waals surface area (Å²) in [5.74, 6) is 0.298. The molecule has 0 unspecified atom stereocenters. The van der Waals surface area contributed by atoms with Gasteiger partial charge in [-0.1, -0.05) is 19.1 Å². The van der Waals surface area contributed by atoms with E-state index in [1.165, 1.54) is 0 Å². The van der Waals surface area contributed by atoms with Gasteiger partial charge in [-0.2, -0.15) is 0 Å². The van der Waals surface area contributed by atoms with Crippen LogP contribution >= 0.6 is 0 Å². The van der Waals surface area contributed by atoms with E-state index in [-0.39, 0.29) is 19.1 Å². The number of aromatic nitrogens is 3. The van der Waals surface area contributed by atoms with E-state index in [1.54, 1.807) is 11.7 Å². The van der Waals surface area contributed by atoms with Gasteiger partial charge >= 0.3 is 0 Å². The molecule has 0 radical (unpaired) electrons. The molecule has 1 aromatic rings. The van der Waals surface area contributed by atoms with Crippen molar-refractivity contribution in [2.24, 2.45) is 5.92 Å². The van der Waals surface area contributed by atoms with Gasteiger partial charge in [-0.25, -0.2) is 4.68 Å². The van der Waals surface area contributed by atoms with Gasteiger partial charge in [-0.3, -0.25) is 4.79 Å². The number of nitrogens with zero attached hydrogens (tertiary/aromatic N) is 3. The first kappa shape index (κ1) is 12.6. The molecule has 1 rings (SSSR count). The largest absolute Gasteiger partial charge is 0.390 e. The van der Waals surface area contributed by atoms with Crippen molar-refractivity contribution in [3.63, 3.8) is 0 Å². The molecular weight excluding hydrogens is 208 g/mol. The molecule has 0 saturated heterocycles. The third kappa shape index (κ3) is 3.03. The summed E-state index contributed by atoms with van der Waals surface area (Å²) in [4.78, 5) is 11.3. The fourth-order valence-electron chi connectivity index (χ4n) is 1.44. The van der Waals surface area contributed by atoms with Gasteiger partial charge in [0.25, 0.3) is 0 Å². The van der Waals surface area contributed by atoms with Gasteiger partial charge < -0.3 is 10.4 Å². The normalized spacial score (nSPS) is 10.8. The third-order valence-corrected chi connectivity index (χ3v) is 2.24. The Morgan fingerprint density at radius 3 is 2.75 bits per heavy atom. The second-order valence-corrected chi connectivity index (χ2v) is 4.07. The molecule has 0 aliphatic carbocycles. The van der Waals surface area contributed by atoms with Gasteiger partial charge in [0.2, 0.25) is 5.91 Å². The SMILES string of the molecule is CNC(=O)Cn1nnc(CO)c1CC(C)C. The highest BCUT2D eigenvalue weighted by Gasteiger charge is 2.15. The number of hydrogen-bond donors (Lipinski definition) is 2. The van der Waals surface area contributed by atoms with E-state index in [4.69, 9.17) is 5.11 Å². The molecule has 1 heterocycles. The molecule has 0 aromatic carbocycles. The maximum absolute atomic E-state index is 11.3. The Bertz CT molecular complexity index is 360. The van der Waals surface area contributed by atoms with E-state index in [1.807, 2.05) is 0 Å². The maximum atomic E-state index is 11.3. The fraction of sp³-hybridized carbons (Fsp3) is 0.700. The lowest BCUT2D eigenvalue weighted by molar-refractivity contribution is -0.121. The van der Waals surface area contributed by atoms with E-state index in [0.717, 1.165) is 12.1 Å². The number of rotatable bonds is 5. The van der Waals surface area contributed by atoms with Crippen molar-refractivity contribution in [3.05, 3.63) is 11.4 Å². The standard InChI is InChI=1S/C10H18N4O2/c1-7(2)4-9-8(6-15)12-13-14(9)5-10(16)11-3/h7,15H,4-6H2,1-3H3,(H,11,16). The molecule has 0 spiro atoms. The summed E-state index contributed by atoms with van der Waals surface area (Å²) >= 11 is 0. The lowest BCUT2D eigenvalue weighted by Crippen LogP contribution is -2.25. The van der Waals surface area contributed by atoms with Crippen molar-refractivity contribution in [2.45, 2.75) is 33.4 Å². The average Bonchev–Trinajstić information content (AvgIpc) is 2.60. The smallest absolute Gasteiger partial charge is 0.241 e. The van der Waals surface area contributed by atoms with Crippen LogP contribution in [0.2, 0.25) is 0 Å². The summed E-state index contributed by atoms with van der Waals surface area (Å²) in [6, 6.07) is 0. The van der Waals surface area contributed by atoms with Gasteiger partial charge in [0.05, 0.1) is 12.3 Å². The van der Waals surface area contributed by atoms with E-state index in [9.17, 15) is 4.79 Å². The molecule has 6 nitrogen and oxygen atoms in total. The summed E-state index contributed by atoms with van der Waals surface area (Å²) in [6.07, 6.45) is 0.750. The van der Waals surface area contributed by atoms with Crippen molar-refractivity contribution < 1.29 is 9.90 Å². The fourth-order valence-corrected chi connectivity index (χ4v) is 1.44. The van der Waals surface area contributed by atoms with Crippen LogP contribution in [0.15, 0.2) is 0 Å². The Balaban J connectivity index is 2.90. The minimum absolute atomic E-state index is 0.126. The van der Waals surface area contributed by atoms with Gasteiger partial charge in [0.15, 0.2) is 0 Å². The number of carbonyl (C=O) groups is 1. The van der Waals surface area contributed by atoms with E-state index >= 15 is 0 Å². The molecule has 2 N–H and O–H groups in total. The molecule has 0 saturated carbocycles. The second kappa shape index (κ2) is 5.60. The highest BCUT2D eigenvalue weighted by molar-refractivity contribution is 5.75. The zero-order chi connectivity index (χ0) is 12.1. The summed E-state index contributed by atoms with van der Waals surface area (Å²) in [7, 11) is 1.58. The van der Waals surface area contributed by atoms with Crippen LogP contribution in [0.1, 0.15) is 25.2 Å². The highest BCUT2D eigenvalue weighted by Crippen LogP contribution is 2.11. The van der Waals surface area contributed by atoms with E-state index in [0.29, 0.717) is 11.6 Å². The predicted molar refractivity (Wildman–Crippen MR) is 58.6 cm³/mol. The molecule has 0 atom stereocenters. The Morgan fingerprint density at radius 2 is 2.25 bits per heavy atom. The van der Waals surface area contributed by atoms with Gasteiger partial charge in [0, 0.05) is 7.05 Å². The van der Waals surface area contributed by atoms with Crippen LogP contribution in [0.25, 0.3) is 0 Å². The Labute approximate surface area is 94.7 Å². The van der Waals surface area contributed by atoms with Crippen LogP contribution in [-0.4, -0.2) is 33.1 Å². The molecule has 0 bridgehead atoms. The van der Waals surface area contributed by atoms with Gasteiger partial charge in [0.1, 0.15) is 12.2 Å². The minimum atomic E-state index is -0.143. The topological polar surface area (TPSA) is 80.0 Å². The van der Waals surface area contributed by atoms with Crippen molar-refractivity contribution >= 4 is 5.91 Å². The van der Waals surface area contributed by atoms with Crippen molar-refractivity contribution in [2.75, 3.05) is 7.05 Å². The summed E-state index contributed by atoms with van der Waals surface area (Å²) < 4.78 is 1.55. The lowest BCUT2D eigenvalue weighted by atomic mass is 10.1. The van der Waals surface area contributed by atoms with E-state index in [2.05, 4.69) is 29.5 Å². The first-order valence-corrected chi connectivity index (χ1v) is 5.31. The predicted octanol–water partition coefficient (Wildman–Crippen LogP) is -0.285. The van der Waals surface area contributed by atoms with Gasteiger partial charge in [-0.15, -0.1) is 5.10 Å². The second-order valence-electron chi connectivity index (χ2n) is 4.07. The Kier molecular flexibility index (Phi) is 4.42. The molecular formula is C10H18N4O2. The number of carbonyl (C=O) groups excluding carboxylic acids is 1. The number of hydrogen-bond acceptors (Lipinski definition) is 4. The van der Waals surface area contributed by atoms with Crippen LogP contribution in [0.5, 0.6) is 0 Å². The highest BCUT2D eigenvalue weighted by atomic mass is 16.3. The Morgan fingerprint density at radius 1 is 1.56 bits per heavy atom. The first-order valence-electron chi connectivity index (χ1n) is 5.31. The number of nitrogens with one attached hydrogen (secondary N) is 1. The number of amides is 1. The molecule has 0 aliphatic rings. The molecule has 90 valence electrons. The summed E-state index contributed by atoms with van der Waals surface area (Å²) in [5, 5.41) is 19.4. The number of aliphatic hydroxyl groups excluding tert-OH is 1. The zero-order valence-corrected chi connectivity index (χ0v) is 9.90. The molecule has 6 heteroatoms. The minimum Gasteiger partial charge on any atom is -0.390 e. The van der Waals surface area contributed by atoms with Crippen LogP contribution < -0.4 is 5.32 Å². The van der Waals surface area contributed by atoms with Crippen molar-refractivity contribution in [3.8, 4) is 0 Å². The average molecular weight is 226 g/mol. The van der Waals surface area contributed by atoms with Crippen LogP contribution in [0.4, 0.5) is 0 Å². The Hall–Kier alpha value is -1.43. The number of likely N-dealkylation sites (N-methyl/N-ethyl adjacent to an activating group) is 1. The van der Waals surface area contributed by atoms with Crippen molar-refractivity contribution in [1.82, 2.24) is 20.3 Å². The third-order valence-electron chi connectivity index (χ3n) is 2.24. The molecule has 1 aromatic heterocycles. The number of aliphatic hydroxyl groups is 1.